The lowest BCUT2D eigenvalue weighted by molar-refractivity contribution is 0.0504. The summed E-state index contributed by atoms with van der Waals surface area (Å²) in [4.78, 5) is 13.8. The average molecular weight is 324 g/mol. The Balaban J connectivity index is 1.79. The summed E-state index contributed by atoms with van der Waals surface area (Å²) in [5.41, 5.74) is 0.177. The molecule has 0 aromatic heterocycles. The SMILES string of the molecule is CC(C)(C)OC(=O)NC1CCN(CC(O)c2ccc(F)cc2)C1. The summed E-state index contributed by atoms with van der Waals surface area (Å²) in [6.45, 7) is 7.39. The number of benzene rings is 1. The molecule has 1 fully saturated rings. The van der Waals surface area contributed by atoms with Crippen LogP contribution in [0.3, 0.4) is 0 Å². The molecular formula is C17H25FN2O3. The number of carbonyl (C=O) groups excluding carboxylic acids is 1. The fourth-order valence-electron chi connectivity index (χ4n) is 2.63. The molecule has 0 bridgehead atoms. The van der Waals surface area contributed by atoms with E-state index in [0.717, 1.165) is 13.0 Å². The van der Waals surface area contributed by atoms with Crippen LogP contribution in [0.25, 0.3) is 0 Å². The molecule has 0 saturated carbocycles. The molecule has 1 amide bonds. The standard InChI is InChI=1S/C17H25FN2O3/c1-17(2,3)23-16(22)19-14-8-9-20(10-14)11-15(21)12-4-6-13(18)7-5-12/h4-7,14-15,21H,8-11H2,1-3H3,(H,19,22). The smallest absolute Gasteiger partial charge is 0.407 e. The van der Waals surface area contributed by atoms with Crippen LogP contribution >= 0.6 is 0 Å². The minimum atomic E-state index is -0.670. The highest BCUT2D eigenvalue weighted by atomic mass is 19.1. The molecule has 6 heteroatoms. The van der Waals surface area contributed by atoms with Crippen LogP contribution in [0.5, 0.6) is 0 Å². The highest BCUT2D eigenvalue weighted by Gasteiger charge is 2.27. The molecular weight excluding hydrogens is 299 g/mol. The number of aliphatic hydroxyl groups is 1. The number of nitrogens with zero attached hydrogens (tertiary/aromatic N) is 1. The second kappa shape index (κ2) is 7.27. The Hall–Kier alpha value is -1.66. The third-order valence-electron chi connectivity index (χ3n) is 3.68. The lowest BCUT2D eigenvalue weighted by atomic mass is 10.1. The predicted molar refractivity (Wildman–Crippen MR) is 85.6 cm³/mol. The summed E-state index contributed by atoms with van der Waals surface area (Å²) in [6.07, 6.45) is -0.269. The van der Waals surface area contributed by atoms with E-state index in [1.165, 1.54) is 12.1 Å². The van der Waals surface area contributed by atoms with E-state index in [0.29, 0.717) is 18.7 Å². The Kier molecular flexibility index (Phi) is 5.59. The number of ether oxygens (including phenoxy) is 1. The van der Waals surface area contributed by atoms with Gasteiger partial charge in [0, 0.05) is 25.7 Å². The number of amides is 1. The summed E-state index contributed by atoms with van der Waals surface area (Å²) in [7, 11) is 0. The zero-order chi connectivity index (χ0) is 17.0. The van der Waals surface area contributed by atoms with Gasteiger partial charge in [-0.25, -0.2) is 9.18 Å². The van der Waals surface area contributed by atoms with E-state index >= 15 is 0 Å². The number of carbonyl (C=O) groups is 1. The highest BCUT2D eigenvalue weighted by Crippen LogP contribution is 2.18. The predicted octanol–water partition coefficient (Wildman–Crippen LogP) is 2.46. The normalized spacial score (nSPS) is 20.3. The Morgan fingerprint density at radius 2 is 2.09 bits per heavy atom. The van der Waals surface area contributed by atoms with Gasteiger partial charge in [0.05, 0.1) is 6.10 Å². The molecule has 2 N–H and O–H groups in total. The Bertz CT molecular complexity index is 528. The van der Waals surface area contributed by atoms with Crippen molar-refractivity contribution in [1.29, 1.82) is 0 Å². The molecule has 2 rings (SSSR count). The van der Waals surface area contributed by atoms with Crippen molar-refractivity contribution in [3.05, 3.63) is 35.6 Å². The highest BCUT2D eigenvalue weighted by molar-refractivity contribution is 5.68. The van der Waals surface area contributed by atoms with Crippen LogP contribution in [0.15, 0.2) is 24.3 Å². The number of rotatable bonds is 4. The van der Waals surface area contributed by atoms with Gasteiger partial charge in [-0.15, -0.1) is 0 Å². The number of halogens is 1. The third kappa shape index (κ3) is 5.80. The van der Waals surface area contributed by atoms with Crippen LogP contribution in [0.1, 0.15) is 38.9 Å². The monoisotopic (exact) mass is 324 g/mol. The van der Waals surface area contributed by atoms with Gasteiger partial charge in [-0.3, -0.25) is 4.90 Å². The molecule has 128 valence electrons. The first kappa shape index (κ1) is 17.7. The molecule has 2 atom stereocenters. The summed E-state index contributed by atoms with van der Waals surface area (Å²) < 4.78 is 18.1. The van der Waals surface area contributed by atoms with Crippen molar-refractivity contribution in [3.63, 3.8) is 0 Å². The summed E-state index contributed by atoms with van der Waals surface area (Å²) in [6, 6.07) is 5.88. The van der Waals surface area contributed by atoms with Gasteiger partial charge in [-0.2, -0.15) is 0 Å². The molecule has 1 saturated heterocycles. The third-order valence-corrected chi connectivity index (χ3v) is 3.68. The zero-order valence-electron chi connectivity index (χ0n) is 13.9. The van der Waals surface area contributed by atoms with Crippen LogP contribution < -0.4 is 5.32 Å². The maximum absolute atomic E-state index is 12.9. The van der Waals surface area contributed by atoms with Crippen molar-refractivity contribution in [2.75, 3.05) is 19.6 Å². The van der Waals surface area contributed by atoms with E-state index in [9.17, 15) is 14.3 Å². The molecule has 5 nitrogen and oxygen atoms in total. The van der Waals surface area contributed by atoms with E-state index in [1.54, 1.807) is 12.1 Å². The van der Waals surface area contributed by atoms with E-state index in [4.69, 9.17) is 4.74 Å². The number of alkyl carbamates (subject to hydrolysis) is 1. The molecule has 0 aliphatic carbocycles. The van der Waals surface area contributed by atoms with Crippen LogP contribution in [-0.4, -0.2) is 47.4 Å². The fraction of sp³-hybridized carbons (Fsp3) is 0.588. The van der Waals surface area contributed by atoms with Crippen LogP contribution in [0.2, 0.25) is 0 Å². The summed E-state index contributed by atoms with van der Waals surface area (Å²) in [5, 5.41) is 13.1. The maximum atomic E-state index is 12.9. The van der Waals surface area contributed by atoms with Crippen molar-refractivity contribution >= 4 is 6.09 Å². The quantitative estimate of drug-likeness (QED) is 0.893. The van der Waals surface area contributed by atoms with Gasteiger partial charge in [0.1, 0.15) is 11.4 Å². The van der Waals surface area contributed by atoms with Crippen molar-refractivity contribution in [2.45, 2.75) is 44.9 Å². The maximum Gasteiger partial charge on any atom is 0.407 e. The van der Waals surface area contributed by atoms with Crippen LogP contribution in [0, 0.1) is 5.82 Å². The number of likely N-dealkylation sites (tertiary alicyclic amines) is 1. The van der Waals surface area contributed by atoms with E-state index in [1.807, 2.05) is 20.8 Å². The summed E-state index contributed by atoms with van der Waals surface area (Å²) >= 11 is 0. The largest absolute Gasteiger partial charge is 0.444 e. The average Bonchev–Trinajstić information content (AvgIpc) is 2.84. The van der Waals surface area contributed by atoms with Gasteiger partial charge >= 0.3 is 6.09 Å². The van der Waals surface area contributed by atoms with E-state index < -0.39 is 17.8 Å². The molecule has 1 aliphatic heterocycles. The van der Waals surface area contributed by atoms with Crippen molar-refractivity contribution < 1.29 is 19.0 Å². The van der Waals surface area contributed by atoms with Crippen molar-refractivity contribution in [2.24, 2.45) is 0 Å². The Morgan fingerprint density at radius 1 is 1.43 bits per heavy atom. The topological polar surface area (TPSA) is 61.8 Å². The van der Waals surface area contributed by atoms with Gasteiger partial charge in [0.15, 0.2) is 0 Å². The molecule has 0 spiro atoms. The molecule has 1 aromatic rings. The minimum Gasteiger partial charge on any atom is -0.444 e. The molecule has 1 aliphatic rings. The molecule has 1 heterocycles. The number of aliphatic hydroxyl groups excluding tert-OH is 1. The van der Waals surface area contributed by atoms with Crippen molar-refractivity contribution in [1.82, 2.24) is 10.2 Å². The van der Waals surface area contributed by atoms with Gasteiger partial charge in [-0.1, -0.05) is 12.1 Å². The second-order valence-electron chi connectivity index (χ2n) is 6.96. The van der Waals surface area contributed by atoms with E-state index in [-0.39, 0.29) is 11.9 Å². The van der Waals surface area contributed by atoms with Gasteiger partial charge in [0.2, 0.25) is 0 Å². The van der Waals surface area contributed by atoms with Gasteiger partial charge < -0.3 is 15.2 Å². The molecule has 2 unspecified atom stereocenters. The second-order valence-corrected chi connectivity index (χ2v) is 6.96. The molecule has 0 radical (unpaired) electrons. The number of hydrogen-bond donors (Lipinski definition) is 2. The van der Waals surface area contributed by atoms with Crippen molar-refractivity contribution in [3.8, 4) is 0 Å². The van der Waals surface area contributed by atoms with E-state index in [2.05, 4.69) is 10.2 Å². The summed E-state index contributed by atoms with van der Waals surface area (Å²) in [5.74, 6) is -0.316. The van der Waals surface area contributed by atoms with Gasteiger partial charge in [-0.05, 0) is 44.9 Å². The molecule has 23 heavy (non-hydrogen) atoms. The first-order valence-corrected chi connectivity index (χ1v) is 7.88. The zero-order valence-corrected chi connectivity index (χ0v) is 13.9. The van der Waals surface area contributed by atoms with Crippen LogP contribution in [-0.2, 0) is 4.74 Å². The first-order valence-electron chi connectivity index (χ1n) is 7.88. The lowest BCUT2D eigenvalue weighted by Crippen LogP contribution is -2.40. The number of hydrogen-bond acceptors (Lipinski definition) is 4. The number of β-amino-alcohol motifs (C(OH)–C–C–N with tert-alkyl or cyclic N) is 1. The first-order chi connectivity index (χ1) is 10.7. The Labute approximate surface area is 136 Å². The number of nitrogens with one attached hydrogen (secondary N) is 1. The van der Waals surface area contributed by atoms with Gasteiger partial charge in [0.25, 0.3) is 0 Å². The Morgan fingerprint density at radius 3 is 2.70 bits per heavy atom. The fourth-order valence-corrected chi connectivity index (χ4v) is 2.63. The van der Waals surface area contributed by atoms with Crippen LogP contribution in [0.4, 0.5) is 9.18 Å². The molecule has 1 aromatic carbocycles. The lowest BCUT2D eigenvalue weighted by Gasteiger charge is -2.23. The minimum absolute atomic E-state index is 0.0188.